The number of carbonyl (C=O) groups is 1. The van der Waals surface area contributed by atoms with Crippen LogP contribution in [0.2, 0.25) is 0 Å². The Morgan fingerprint density at radius 1 is 0.814 bits per heavy atom. The lowest BCUT2D eigenvalue weighted by Gasteiger charge is -2.41. The second-order valence-electron chi connectivity index (χ2n) is 12.2. The maximum absolute atomic E-state index is 12.9. The largest absolute Gasteiger partial charge is 0.379 e. The normalized spacial score (nSPS) is 16.7. The first kappa shape index (κ1) is 33.3. The van der Waals surface area contributed by atoms with Gasteiger partial charge in [0.15, 0.2) is 5.78 Å². The average molecular weight is 603 g/mol. The summed E-state index contributed by atoms with van der Waals surface area (Å²) in [6, 6.07) is 25.5. The Bertz CT molecular complexity index is 1250. The van der Waals surface area contributed by atoms with Gasteiger partial charge >= 0.3 is 0 Å². The molecular weight excluding hydrogens is 552 g/mol. The maximum Gasteiger partial charge on any atom is 0.166 e. The summed E-state index contributed by atoms with van der Waals surface area (Å²) in [5.74, 6) is 0.286. The van der Waals surface area contributed by atoms with E-state index in [4.69, 9.17) is 9.47 Å². The fraction of sp³-hybridized carbons (Fsp3) is 0.486. The summed E-state index contributed by atoms with van der Waals surface area (Å²) in [5.41, 5.74) is 6.11. The highest BCUT2D eigenvalue weighted by molar-refractivity contribution is 7.98. The van der Waals surface area contributed by atoms with Crippen LogP contribution in [0.25, 0.3) is 0 Å². The van der Waals surface area contributed by atoms with Crippen molar-refractivity contribution in [3.05, 3.63) is 95.1 Å². The highest BCUT2D eigenvalue weighted by Crippen LogP contribution is 2.24. The van der Waals surface area contributed by atoms with Gasteiger partial charge in [-0.25, -0.2) is 0 Å². The summed E-state index contributed by atoms with van der Waals surface area (Å²) < 4.78 is 10.8. The van der Waals surface area contributed by atoms with Gasteiger partial charge in [0.05, 0.1) is 26.4 Å². The second kappa shape index (κ2) is 16.4. The Morgan fingerprint density at radius 3 is 1.93 bits per heavy atom. The number of ether oxygens (including phenoxy) is 2. The summed E-state index contributed by atoms with van der Waals surface area (Å²) in [7, 11) is 0. The molecule has 2 saturated heterocycles. The summed E-state index contributed by atoms with van der Waals surface area (Å²) in [4.78, 5) is 19.1. The second-order valence-corrected chi connectivity index (χ2v) is 13.1. The molecule has 5 nitrogen and oxygen atoms in total. The number of benzene rings is 3. The smallest absolute Gasteiger partial charge is 0.166 e. The van der Waals surface area contributed by atoms with Gasteiger partial charge in [-0.05, 0) is 93.8 Å². The number of rotatable bonds is 10. The van der Waals surface area contributed by atoms with Gasteiger partial charge < -0.3 is 14.4 Å². The van der Waals surface area contributed by atoms with E-state index >= 15 is 0 Å². The van der Waals surface area contributed by atoms with Gasteiger partial charge in [-0.15, -0.1) is 11.8 Å². The van der Waals surface area contributed by atoms with Crippen molar-refractivity contribution in [3.8, 4) is 0 Å². The zero-order valence-electron chi connectivity index (χ0n) is 26.8. The van der Waals surface area contributed by atoms with Gasteiger partial charge in [-0.2, -0.15) is 0 Å². The first-order valence-electron chi connectivity index (χ1n) is 15.8. The predicted octanol–water partition coefficient (Wildman–Crippen LogP) is 7.35. The number of morpholine rings is 2. The molecule has 0 bridgehead atoms. The highest BCUT2D eigenvalue weighted by atomic mass is 32.2. The van der Waals surface area contributed by atoms with Crippen LogP contribution in [0.1, 0.15) is 54.2 Å². The first-order valence-corrected chi connectivity index (χ1v) is 17.0. The molecule has 1 unspecified atom stereocenters. The van der Waals surface area contributed by atoms with E-state index in [9.17, 15) is 4.79 Å². The van der Waals surface area contributed by atoms with Gasteiger partial charge in [0.25, 0.3) is 0 Å². The van der Waals surface area contributed by atoms with E-state index in [1.54, 1.807) is 11.8 Å². The number of hydrogen-bond acceptors (Lipinski definition) is 6. The molecule has 43 heavy (non-hydrogen) atoms. The third-order valence-corrected chi connectivity index (χ3v) is 9.40. The minimum absolute atomic E-state index is 0.0388. The Labute approximate surface area is 264 Å². The molecule has 2 aliphatic heterocycles. The van der Waals surface area contributed by atoms with Gasteiger partial charge in [0.1, 0.15) is 0 Å². The zero-order chi connectivity index (χ0) is 30.7. The maximum atomic E-state index is 12.9. The molecule has 5 rings (SSSR count). The fourth-order valence-corrected chi connectivity index (χ4v) is 6.26. The molecule has 3 aromatic rings. The summed E-state index contributed by atoms with van der Waals surface area (Å²) >= 11 is 1.80. The van der Waals surface area contributed by atoms with E-state index in [0.717, 1.165) is 77.4 Å². The van der Waals surface area contributed by atoms with Crippen LogP contribution in [0.4, 0.5) is 5.69 Å². The van der Waals surface area contributed by atoms with E-state index < -0.39 is 0 Å². The van der Waals surface area contributed by atoms with Crippen LogP contribution in [0.3, 0.4) is 0 Å². The molecule has 6 heteroatoms. The lowest BCUT2D eigenvalue weighted by molar-refractivity contribution is -0.00984. The molecule has 232 valence electrons. The molecule has 0 aromatic heterocycles. The number of nitrogens with zero attached hydrogens (tertiary/aromatic N) is 2. The van der Waals surface area contributed by atoms with Crippen molar-refractivity contribution in [1.82, 2.24) is 4.90 Å². The van der Waals surface area contributed by atoms with E-state index in [1.807, 2.05) is 12.1 Å². The minimum Gasteiger partial charge on any atom is -0.379 e. The van der Waals surface area contributed by atoms with Crippen LogP contribution in [0.15, 0.2) is 77.7 Å². The number of ketones is 1. The van der Waals surface area contributed by atoms with Crippen molar-refractivity contribution in [3.63, 3.8) is 0 Å². The molecule has 0 radical (unpaired) electrons. The lowest BCUT2D eigenvalue weighted by Crippen LogP contribution is -2.51. The van der Waals surface area contributed by atoms with Crippen LogP contribution in [0.5, 0.6) is 0 Å². The van der Waals surface area contributed by atoms with E-state index in [1.165, 1.54) is 27.3 Å². The van der Waals surface area contributed by atoms with Crippen LogP contribution in [0, 0.1) is 12.8 Å². The fourth-order valence-electron chi connectivity index (χ4n) is 5.85. The molecule has 0 aliphatic carbocycles. The van der Waals surface area contributed by atoms with Crippen molar-refractivity contribution < 1.29 is 14.3 Å². The average Bonchev–Trinajstić information content (AvgIpc) is 3.05. The molecular formula is C37H50N2O3S. The number of anilines is 1. The Hall–Kier alpha value is -2.64. The number of Topliss-reactive ketones (excluding diaryl/α,β-unsaturated/α-hetero) is 1. The molecule has 2 aliphatic rings. The molecule has 2 heterocycles. The summed E-state index contributed by atoms with van der Waals surface area (Å²) in [6.45, 7) is 16.1. The Balaban J connectivity index is 0.000000208. The quantitative estimate of drug-likeness (QED) is 0.179. The van der Waals surface area contributed by atoms with Crippen molar-refractivity contribution in [2.24, 2.45) is 5.92 Å². The van der Waals surface area contributed by atoms with Gasteiger partial charge in [-0.3, -0.25) is 9.69 Å². The van der Waals surface area contributed by atoms with E-state index in [2.05, 4.69) is 104 Å². The lowest BCUT2D eigenvalue weighted by atomic mass is 9.89. The van der Waals surface area contributed by atoms with E-state index in [0.29, 0.717) is 0 Å². The van der Waals surface area contributed by atoms with Crippen LogP contribution in [-0.2, 0) is 22.3 Å². The third kappa shape index (κ3) is 9.94. The molecule has 0 amide bonds. The van der Waals surface area contributed by atoms with Crippen molar-refractivity contribution in [2.45, 2.75) is 57.4 Å². The number of hydrogen-bond donors (Lipinski definition) is 0. The van der Waals surface area contributed by atoms with Crippen molar-refractivity contribution in [1.29, 1.82) is 0 Å². The molecule has 0 spiro atoms. The van der Waals surface area contributed by atoms with Crippen LogP contribution < -0.4 is 4.90 Å². The van der Waals surface area contributed by atoms with Crippen molar-refractivity contribution >= 4 is 23.2 Å². The molecule has 2 fully saturated rings. The van der Waals surface area contributed by atoms with E-state index in [-0.39, 0.29) is 17.2 Å². The van der Waals surface area contributed by atoms with Gasteiger partial charge in [-0.1, -0.05) is 48.9 Å². The Morgan fingerprint density at radius 2 is 1.37 bits per heavy atom. The van der Waals surface area contributed by atoms with Gasteiger partial charge in [0.2, 0.25) is 0 Å². The van der Waals surface area contributed by atoms with Crippen LogP contribution in [-0.4, -0.2) is 75.1 Å². The molecule has 1 atom stereocenters. The SMILES string of the molecule is CCC(Cc1ccc(C)cc1)C(=O)c1ccc(N2CCOCC2)cc1.CSc1ccc(CC(C)(C)N2CCOCC2)cc1. The zero-order valence-corrected chi connectivity index (χ0v) is 27.6. The van der Waals surface area contributed by atoms with Gasteiger partial charge in [0, 0.05) is 53.8 Å². The minimum atomic E-state index is 0.0388. The predicted molar refractivity (Wildman–Crippen MR) is 181 cm³/mol. The number of aryl methyl sites for hydroxylation is 1. The Kier molecular flexibility index (Phi) is 12.7. The number of carbonyl (C=O) groups excluding carboxylic acids is 1. The monoisotopic (exact) mass is 602 g/mol. The standard InChI is InChI=1S/C22H27NO2.C15H23NOS/c1-3-19(16-18-6-4-17(2)5-7-18)22(24)20-8-10-21(11-9-20)23-12-14-25-15-13-23;1-15(2,16-8-10-17-11-9-16)12-13-4-6-14(18-3)7-5-13/h4-11,19H,3,12-16H2,1-2H3;4-7H,8-12H2,1-3H3. The van der Waals surface area contributed by atoms with Crippen molar-refractivity contribution in [2.75, 3.05) is 63.8 Å². The molecule has 0 saturated carbocycles. The first-order chi connectivity index (χ1) is 20.8. The topological polar surface area (TPSA) is 42.0 Å². The highest BCUT2D eigenvalue weighted by Gasteiger charge is 2.28. The van der Waals surface area contributed by atoms with Crippen LogP contribution >= 0.6 is 11.8 Å². The molecule has 0 N–H and O–H groups in total. The summed E-state index contributed by atoms with van der Waals surface area (Å²) in [6.07, 6.45) is 4.88. The molecule has 3 aromatic carbocycles. The third-order valence-electron chi connectivity index (χ3n) is 8.66. The summed E-state index contributed by atoms with van der Waals surface area (Å²) in [5, 5.41) is 0. The number of thioether (sulfide) groups is 1.